The Bertz CT molecular complexity index is 1050. The van der Waals surface area contributed by atoms with Crippen molar-refractivity contribution in [2.24, 2.45) is 4.99 Å². The zero-order valence-corrected chi connectivity index (χ0v) is 14.5. The van der Waals surface area contributed by atoms with E-state index in [9.17, 15) is 19.7 Å². The molecule has 0 aliphatic heterocycles. The fourth-order valence-corrected chi connectivity index (χ4v) is 2.64. The lowest BCUT2D eigenvalue weighted by Gasteiger charge is -2.09. The maximum Gasteiger partial charge on any atom is 0.323 e. The van der Waals surface area contributed by atoms with Crippen molar-refractivity contribution in [3.8, 4) is 0 Å². The number of hydrogen-bond donors (Lipinski definition) is 3. The van der Waals surface area contributed by atoms with E-state index in [0.29, 0.717) is 5.71 Å². The Morgan fingerprint density at radius 3 is 2.52 bits per heavy atom. The highest BCUT2D eigenvalue weighted by atomic mass is 19.1. The summed E-state index contributed by atoms with van der Waals surface area (Å²) in [6.07, 6.45) is 6.10. The minimum atomic E-state index is -3.15. The third kappa shape index (κ3) is 3.85. The SMILES string of the molecule is C=C/C(=C\C)C(=Nc1cc(F)c2nc(C(O)(O)O)cn2c1)c1ccccc1. The Kier molecular flexibility index (Phi) is 5.00. The van der Waals surface area contributed by atoms with Crippen LogP contribution in [0.1, 0.15) is 18.2 Å². The van der Waals surface area contributed by atoms with Gasteiger partial charge in [-0.15, -0.1) is 0 Å². The number of aliphatic imine (C=N–C) groups is 1. The third-order valence-corrected chi connectivity index (χ3v) is 3.93. The molecule has 6 nitrogen and oxygen atoms in total. The number of imidazole rings is 1. The van der Waals surface area contributed by atoms with Crippen molar-refractivity contribution < 1.29 is 19.7 Å². The standard InChI is InChI=1S/C20H18FN3O3/c1-3-13(4-2)18(14-8-6-5-7-9-14)22-15-10-16(21)19-23-17(20(25,26)27)12-24(19)11-15/h3-12,25-27H,1H2,2H3/b13-4+,22-18?. The largest absolute Gasteiger partial charge is 0.338 e. The fourth-order valence-electron chi connectivity index (χ4n) is 2.64. The summed E-state index contributed by atoms with van der Waals surface area (Å²) in [6, 6.07) is 10.6. The second-order valence-electron chi connectivity index (χ2n) is 5.81. The molecule has 0 saturated heterocycles. The van der Waals surface area contributed by atoms with E-state index in [0.717, 1.165) is 17.3 Å². The van der Waals surface area contributed by atoms with Gasteiger partial charge in [0.15, 0.2) is 11.5 Å². The topological polar surface area (TPSA) is 90.4 Å². The first-order valence-corrected chi connectivity index (χ1v) is 8.12. The highest BCUT2D eigenvalue weighted by Gasteiger charge is 2.26. The number of rotatable bonds is 5. The Morgan fingerprint density at radius 1 is 1.22 bits per heavy atom. The first-order chi connectivity index (χ1) is 12.8. The summed E-state index contributed by atoms with van der Waals surface area (Å²) in [5, 5.41) is 27.7. The molecule has 0 unspecified atom stereocenters. The molecule has 0 bridgehead atoms. The Morgan fingerprint density at radius 2 is 1.93 bits per heavy atom. The molecule has 0 atom stereocenters. The van der Waals surface area contributed by atoms with Gasteiger partial charge in [0.25, 0.3) is 0 Å². The van der Waals surface area contributed by atoms with Crippen LogP contribution in [0.4, 0.5) is 10.1 Å². The van der Waals surface area contributed by atoms with E-state index in [4.69, 9.17) is 0 Å². The molecule has 3 rings (SSSR count). The molecule has 27 heavy (non-hydrogen) atoms. The second-order valence-corrected chi connectivity index (χ2v) is 5.81. The molecule has 138 valence electrons. The number of pyridine rings is 1. The normalized spacial score (nSPS) is 13.2. The molecule has 0 radical (unpaired) electrons. The van der Waals surface area contributed by atoms with E-state index in [2.05, 4.69) is 16.6 Å². The van der Waals surface area contributed by atoms with Crippen LogP contribution in [0.5, 0.6) is 0 Å². The summed E-state index contributed by atoms with van der Waals surface area (Å²) in [5.41, 5.74) is 1.83. The maximum absolute atomic E-state index is 14.4. The van der Waals surface area contributed by atoms with Crippen LogP contribution in [0.2, 0.25) is 0 Å². The van der Waals surface area contributed by atoms with Crippen molar-refractivity contribution in [2.75, 3.05) is 0 Å². The number of aromatic nitrogens is 2. The van der Waals surface area contributed by atoms with Crippen LogP contribution in [0, 0.1) is 5.82 Å². The zero-order chi connectivity index (χ0) is 19.6. The minimum absolute atomic E-state index is 0.165. The van der Waals surface area contributed by atoms with Crippen LogP contribution in [-0.2, 0) is 5.97 Å². The van der Waals surface area contributed by atoms with Crippen molar-refractivity contribution in [1.29, 1.82) is 0 Å². The van der Waals surface area contributed by atoms with Gasteiger partial charge in [0, 0.05) is 24.0 Å². The average molecular weight is 367 g/mol. The summed E-state index contributed by atoms with van der Waals surface area (Å²) >= 11 is 0. The van der Waals surface area contributed by atoms with Crippen molar-refractivity contribution in [1.82, 2.24) is 9.38 Å². The number of hydrogen-bond acceptors (Lipinski definition) is 5. The first-order valence-electron chi connectivity index (χ1n) is 8.12. The van der Waals surface area contributed by atoms with Crippen molar-refractivity contribution in [3.05, 3.63) is 90.2 Å². The van der Waals surface area contributed by atoms with Gasteiger partial charge in [0.05, 0.1) is 11.4 Å². The van der Waals surface area contributed by atoms with Crippen molar-refractivity contribution in [2.45, 2.75) is 12.9 Å². The fraction of sp³-hybridized carbons (Fsp3) is 0.100. The number of benzene rings is 1. The summed E-state index contributed by atoms with van der Waals surface area (Å²) in [6.45, 7) is 5.65. The van der Waals surface area contributed by atoms with Crippen LogP contribution in [0.25, 0.3) is 5.65 Å². The first kappa shape index (κ1) is 18.7. The maximum atomic E-state index is 14.4. The molecule has 0 amide bonds. The van der Waals surface area contributed by atoms with Crippen LogP contribution in [0.3, 0.4) is 0 Å². The molecule has 3 N–H and O–H groups in total. The zero-order valence-electron chi connectivity index (χ0n) is 14.5. The molecule has 0 saturated carbocycles. The van der Waals surface area contributed by atoms with Gasteiger partial charge in [-0.1, -0.05) is 49.1 Å². The van der Waals surface area contributed by atoms with E-state index in [1.807, 2.05) is 43.3 Å². The van der Waals surface area contributed by atoms with Crippen LogP contribution in [-0.4, -0.2) is 30.4 Å². The predicted octanol–water partition coefficient (Wildman–Crippen LogP) is 2.81. The summed E-state index contributed by atoms with van der Waals surface area (Å²) in [5.74, 6) is -3.88. The molecule has 3 aromatic rings. The highest BCUT2D eigenvalue weighted by molar-refractivity contribution is 6.15. The number of halogens is 1. The van der Waals surface area contributed by atoms with Crippen LogP contribution < -0.4 is 0 Å². The Labute approximate surface area is 154 Å². The van der Waals surface area contributed by atoms with Crippen LogP contribution >= 0.6 is 0 Å². The van der Waals surface area contributed by atoms with E-state index in [-0.39, 0.29) is 11.3 Å². The Hall–Kier alpha value is -3.13. The molecule has 1 aromatic carbocycles. The molecule has 0 fully saturated rings. The van der Waals surface area contributed by atoms with Gasteiger partial charge in [-0.25, -0.2) is 14.4 Å². The molecule has 0 aliphatic carbocycles. The van der Waals surface area contributed by atoms with E-state index >= 15 is 0 Å². The minimum Gasteiger partial charge on any atom is -0.338 e. The van der Waals surface area contributed by atoms with Gasteiger partial charge < -0.3 is 19.7 Å². The molecular weight excluding hydrogens is 349 g/mol. The van der Waals surface area contributed by atoms with Gasteiger partial charge in [-0.05, 0) is 12.5 Å². The molecular formula is C20H18FN3O3. The van der Waals surface area contributed by atoms with Gasteiger partial charge in [0.2, 0.25) is 0 Å². The summed E-state index contributed by atoms with van der Waals surface area (Å²) < 4.78 is 15.7. The number of allylic oxidation sites excluding steroid dienone is 3. The lowest BCUT2D eigenvalue weighted by atomic mass is 10.0. The van der Waals surface area contributed by atoms with Gasteiger partial charge in [-0.3, -0.25) is 0 Å². The number of fused-ring (bicyclic) bond motifs is 1. The lowest BCUT2D eigenvalue weighted by Crippen LogP contribution is -2.24. The van der Waals surface area contributed by atoms with Crippen molar-refractivity contribution in [3.63, 3.8) is 0 Å². The Balaban J connectivity index is 2.18. The predicted molar refractivity (Wildman–Crippen MR) is 100 cm³/mol. The van der Waals surface area contributed by atoms with Gasteiger partial charge in [-0.2, -0.15) is 0 Å². The van der Waals surface area contributed by atoms with E-state index < -0.39 is 17.5 Å². The van der Waals surface area contributed by atoms with Crippen LogP contribution in [0.15, 0.2) is 78.1 Å². The smallest absolute Gasteiger partial charge is 0.323 e. The lowest BCUT2D eigenvalue weighted by molar-refractivity contribution is -0.326. The van der Waals surface area contributed by atoms with Crippen molar-refractivity contribution >= 4 is 17.0 Å². The quantitative estimate of drug-likeness (QED) is 0.367. The monoisotopic (exact) mass is 367 g/mol. The number of nitrogens with zero attached hydrogens (tertiary/aromatic N) is 3. The van der Waals surface area contributed by atoms with Gasteiger partial charge in [0.1, 0.15) is 5.69 Å². The summed E-state index contributed by atoms with van der Waals surface area (Å²) in [4.78, 5) is 8.25. The van der Waals surface area contributed by atoms with E-state index in [1.54, 1.807) is 6.08 Å². The second kappa shape index (κ2) is 7.24. The molecule has 0 spiro atoms. The highest BCUT2D eigenvalue weighted by Crippen LogP contribution is 2.23. The molecule has 0 aliphatic rings. The molecule has 2 aromatic heterocycles. The molecule has 7 heteroatoms. The molecule has 2 heterocycles. The summed E-state index contributed by atoms with van der Waals surface area (Å²) in [7, 11) is 0. The third-order valence-electron chi connectivity index (χ3n) is 3.93. The average Bonchev–Trinajstić information content (AvgIpc) is 3.08. The van der Waals surface area contributed by atoms with Gasteiger partial charge >= 0.3 is 5.97 Å². The van der Waals surface area contributed by atoms with E-state index in [1.165, 1.54) is 16.7 Å². The number of aliphatic hydroxyl groups is 3.